The predicted molar refractivity (Wildman–Crippen MR) is 73.3 cm³/mol. The SMILES string of the molecule is COC(=O)C1CCc2nc(C3CCCN(C)C3)nn2C1. The minimum atomic E-state index is -0.134. The van der Waals surface area contributed by atoms with Crippen LogP contribution in [0.1, 0.15) is 36.8 Å². The molecule has 0 amide bonds. The maximum absolute atomic E-state index is 11.6. The largest absolute Gasteiger partial charge is 0.469 e. The fraction of sp³-hybridized carbons (Fsp3) is 0.786. The van der Waals surface area contributed by atoms with E-state index in [9.17, 15) is 4.79 Å². The zero-order chi connectivity index (χ0) is 14.1. The van der Waals surface area contributed by atoms with Crippen LogP contribution in [0.2, 0.25) is 0 Å². The van der Waals surface area contributed by atoms with Crippen LogP contribution in [-0.2, 0) is 22.5 Å². The van der Waals surface area contributed by atoms with Crippen LogP contribution in [0, 0.1) is 5.92 Å². The van der Waals surface area contributed by atoms with E-state index < -0.39 is 0 Å². The number of aryl methyl sites for hydroxylation is 1. The Kier molecular flexibility index (Phi) is 3.74. The lowest BCUT2D eigenvalue weighted by atomic mass is 9.98. The number of likely N-dealkylation sites (N-methyl/N-ethyl adjacent to an activating group) is 1. The highest BCUT2D eigenvalue weighted by Gasteiger charge is 2.30. The van der Waals surface area contributed by atoms with Crippen LogP contribution >= 0.6 is 0 Å². The first-order valence-electron chi connectivity index (χ1n) is 7.37. The van der Waals surface area contributed by atoms with E-state index in [1.165, 1.54) is 13.5 Å². The first-order valence-corrected chi connectivity index (χ1v) is 7.37. The number of fused-ring (bicyclic) bond motifs is 1. The van der Waals surface area contributed by atoms with Crippen molar-refractivity contribution in [3.8, 4) is 0 Å². The molecule has 1 fully saturated rings. The minimum Gasteiger partial charge on any atom is -0.469 e. The lowest BCUT2D eigenvalue weighted by Gasteiger charge is -2.27. The number of aromatic nitrogens is 3. The number of piperidine rings is 1. The molecule has 0 N–H and O–H groups in total. The summed E-state index contributed by atoms with van der Waals surface area (Å²) in [5.41, 5.74) is 0. The molecule has 0 aliphatic carbocycles. The summed E-state index contributed by atoms with van der Waals surface area (Å²) in [7, 11) is 3.60. The van der Waals surface area contributed by atoms with Crippen LogP contribution in [-0.4, -0.2) is 52.9 Å². The Labute approximate surface area is 119 Å². The summed E-state index contributed by atoms with van der Waals surface area (Å²) in [5, 5.41) is 4.65. The molecule has 2 aliphatic heterocycles. The number of hydrogen-bond acceptors (Lipinski definition) is 5. The van der Waals surface area contributed by atoms with Gasteiger partial charge in [0.25, 0.3) is 0 Å². The zero-order valence-electron chi connectivity index (χ0n) is 12.2. The van der Waals surface area contributed by atoms with Crippen molar-refractivity contribution in [1.82, 2.24) is 19.7 Å². The van der Waals surface area contributed by atoms with Gasteiger partial charge in [0.2, 0.25) is 0 Å². The van der Waals surface area contributed by atoms with E-state index in [0.29, 0.717) is 12.5 Å². The van der Waals surface area contributed by atoms with Gasteiger partial charge in [-0.25, -0.2) is 9.67 Å². The van der Waals surface area contributed by atoms with Crippen molar-refractivity contribution >= 4 is 5.97 Å². The topological polar surface area (TPSA) is 60.2 Å². The average Bonchev–Trinajstić information content (AvgIpc) is 2.89. The van der Waals surface area contributed by atoms with E-state index in [1.54, 1.807) is 0 Å². The zero-order valence-corrected chi connectivity index (χ0v) is 12.2. The van der Waals surface area contributed by atoms with E-state index in [1.807, 2.05) is 4.68 Å². The number of methoxy groups -OCH3 is 1. The molecule has 20 heavy (non-hydrogen) atoms. The summed E-state index contributed by atoms with van der Waals surface area (Å²) in [6, 6.07) is 0. The average molecular weight is 278 g/mol. The first kappa shape index (κ1) is 13.5. The Bertz CT molecular complexity index is 499. The van der Waals surface area contributed by atoms with Crippen molar-refractivity contribution in [2.45, 2.75) is 38.1 Å². The molecule has 0 spiro atoms. The second-order valence-corrected chi connectivity index (χ2v) is 5.93. The lowest BCUT2D eigenvalue weighted by molar-refractivity contribution is -0.146. The van der Waals surface area contributed by atoms with Gasteiger partial charge >= 0.3 is 5.97 Å². The third kappa shape index (κ3) is 2.57. The summed E-state index contributed by atoms with van der Waals surface area (Å²) < 4.78 is 6.75. The molecule has 2 unspecified atom stereocenters. The second kappa shape index (κ2) is 5.52. The second-order valence-electron chi connectivity index (χ2n) is 5.93. The number of nitrogens with zero attached hydrogens (tertiary/aromatic N) is 4. The summed E-state index contributed by atoms with van der Waals surface area (Å²) in [5.74, 6) is 2.20. The normalized spacial score (nSPS) is 27.1. The number of likely N-dealkylation sites (tertiary alicyclic amines) is 1. The number of carbonyl (C=O) groups excluding carboxylic acids is 1. The summed E-state index contributed by atoms with van der Waals surface area (Å²) in [6.45, 7) is 2.80. The molecule has 1 aromatic rings. The van der Waals surface area contributed by atoms with Gasteiger partial charge in [0.1, 0.15) is 5.82 Å². The molecule has 2 atom stereocenters. The van der Waals surface area contributed by atoms with Crippen LogP contribution < -0.4 is 0 Å². The Morgan fingerprint density at radius 2 is 2.20 bits per heavy atom. The molecule has 3 rings (SSSR count). The minimum absolute atomic E-state index is 0.0731. The van der Waals surface area contributed by atoms with Crippen molar-refractivity contribution in [2.75, 3.05) is 27.2 Å². The molecule has 3 heterocycles. The van der Waals surface area contributed by atoms with Gasteiger partial charge in [-0.2, -0.15) is 5.10 Å². The standard InChI is InChI=1S/C14H22N4O2/c1-17-7-3-4-10(8-17)13-15-12-6-5-11(14(19)20-2)9-18(12)16-13/h10-11H,3-9H2,1-2H3. The first-order chi connectivity index (χ1) is 9.67. The van der Waals surface area contributed by atoms with Gasteiger partial charge < -0.3 is 9.64 Å². The molecule has 0 saturated carbocycles. The molecule has 1 aromatic heterocycles. The Hall–Kier alpha value is -1.43. The third-order valence-corrected chi connectivity index (χ3v) is 4.40. The molecular weight excluding hydrogens is 256 g/mol. The van der Waals surface area contributed by atoms with Gasteiger partial charge in [0.15, 0.2) is 5.82 Å². The van der Waals surface area contributed by atoms with E-state index in [2.05, 4.69) is 17.0 Å². The lowest BCUT2D eigenvalue weighted by Crippen LogP contribution is -2.31. The molecular formula is C14H22N4O2. The molecule has 6 heteroatoms. The van der Waals surface area contributed by atoms with Crippen LogP contribution in [0.15, 0.2) is 0 Å². The fourth-order valence-electron chi connectivity index (χ4n) is 3.24. The number of hydrogen-bond donors (Lipinski definition) is 0. The van der Waals surface area contributed by atoms with Gasteiger partial charge in [0.05, 0.1) is 19.6 Å². The maximum Gasteiger partial charge on any atom is 0.310 e. The number of carbonyl (C=O) groups is 1. The molecule has 0 aromatic carbocycles. The van der Waals surface area contributed by atoms with Crippen molar-refractivity contribution in [3.63, 3.8) is 0 Å². The highest BCUT2D eigenvalue weighted by atomic mass is 16.5. The Balaban J connectivity index is 1.74. The van der Waals surface area contributed by atoms with Crippen molar-refractivity contribution in [3.05, 3.63) is 11.6 Å². The molecule has 110 valence electrons. The molecule has 0 bridgehead atoms. The van der Waals surface area contributed by atoms with Crippen LogP contribution in [0.25, 0.3) is 0 Å². The summed E-state index contributed by atoms with van der Waals surface area (Å²) in [4.78, 5) is 18.7. The highest BCUT2D eigenvalue weighted by Crippen LogP contribution is 2.26. The highest BCUT2D eigenvalue weighted by molar-refractivity contribution is 5.72. The third-order valence-electron chi connectivity index (χ3n) is 4.40. The molecule has 0 radical (unpaired) electrons. The fourth-order valence-corrected chi connectivity index (χ4v) is 3.24. The van der Waals surface area contributed by atoms with Gasteiger partial charge in [-0.05, 0) is 32.9 Å². The Morgan fingerprint density at radius 3 is 2.95 bits per heavy atom. The molecule has 2 aliphatic rings. The van der Waals surface area contributed by atoms with Gasteiger partial charge in [0, 0.05) is 18.9 Å². The van der Waals surface area contributed by atoms with Crippen molar-refractivity contribution in [2.24, 2.45) is 5.92 Å². The van der Waals surface area contributed by atoms with Gasteiger partial charge in [-0.1, -0.05) is 0 Å². The van der Waals surface area contributed by atoms with Crippen LogP contribution in [0.5, 0.6) is 0 Å². The smallest absolute Gasteiger partial charge is 0.310 e. The van der Waals surface area contributed by atoms with E-state index in [-0.39, 0.29) is 11.9 Å². The molecule has 6 nitrogen and oxygen atoms in total. The predicted octanol–water partition coefficient (Wildman–Crippen LogP) is 0.823. The van der Waals surface area contributed by atoms with E-state index >= 15 is 0 Å². The number of esters is 1. The van der Waals surface area contributed by atoms with Crippen molar-refractivity contribution in [1.29, 1.82) is 0 Å². The Morgan fingerprint density at radius 1 is 1.35 bits per heavy atom. The van der Waals surface area contributed by atoms with Crippen LogP contribution in [0.3, 0.4) is 0 Å². The van der Waals surface area contributed by atoms with E-state index in [4.69, 9.17) is 9.72 Å². The van der Waals surface area contributed by atoms with Crippen LogP contribution in [0.4, 0.5) is 0 Å². The number of rotatable bonds is 2. The monoisotopic (exact) mass is 278 g/mol. The van der Waals surface area contributed by atoms with Crippen molar-refractivity contribution < 1.29 is 9.53 Å². The van der Waals surface area contributed by atoms with Gasteiger partial charge in [-0.15, -0.1) is 0 Å². The van der Waals surface area contributed by atoms with E-state index in [0.717, 1.165) is 44.0 Å². The quantitative estimate of drug-likeness (QED) is 0.750. The van der Waals surface area contributed by atoms with Gasteiger partial charge in [-0.3, -0.25) is 4.79 Å². The molecule has 1 saturated heterocycles. The maximum atomic E-state index is 11.6. The summed E-state index contributed by atoms with van der Waals surface area (Å²) >= 11 is 0. The number of ether oxygens (including phenoxy) is 1. The summed E-state index contributed by atoms with van der Waals surface area (Å²) in [6.07, 6.45) is 3.99.